The summed E-state index contributed by atoms with van der Waals surface area (Å²) in [5.74, 6) is -1.27. The van der Waals surface area contributed by atoms with Crippen molar-refractivity contribution in [2.45, 2.75) is 0 Å². The molecular formula is C10H5BrF2N2. The molecule has 2 aromatic rings. The summed E-state index contributed by atoms with van der Waals surface area (Å²) in [5, 5.41) is 0. The number of hydrogen-bond acceptors (Lipinski definition) is 2. The fourth-order valence-electron chi connectivity index (χ4n) is 1.18. The minimum Gasteiger partial charge on any atom is -0.260 e. The number of rotatable bonds is 1. The molecule has 15 heavy (non-hydrogen) atoms. The Morgan fingerprint density at radius 3 is 2.27 bits per heavy atom. The molecule has 0 fully saturated rings. The second-order valence-corrected chi connectivity index (χ2v) is 3.70. The standard InChI is InChI=1S/C10H5BrF2N2/c11-10-5-14-4-9(15-10)6-1-7(12)3-8(13)2-6/h1-5H. The average Bonchev–Trinajstić information content (AvgIpc) is 2.16. The first kappa shape index (κ1) is 10.2. The molecule has 0 aliphatic rings. The summed E-state index contributed by atoms with van der Waals surface area (Å²) in [6.45, 7) is 0. The van der Waals surface area contributed by atoms with Crippen LogP contribution < -0.4 is 0 Å². The van der Waals surface area contributed by atoms with Crippen molar-refractivity contribution >= 4 is 15.9 Å². The maximum absolute atomic E-state index is 12.9. The van der Waals surface area contributed by atoms with E-state index in [1.165, 1.54) is 24.5 Å². The first-order valence-electron chi connectivity index (χ1n) is 4.09. The van der Waals surface area contributed by atoms with E-state index < -0.39 is 11.6 Å². The lowest BCUT2D eigenvalue weighted by atomic mass is 10.1. The molecule has 0 spiro atoms. The maximum Gasteiger partial charge on any atom is 0.126 e. The topological polar surface area (TPSA) is 25.8 Å². The molecule has 0 saturated heterocycles. The van der Waals surface area contributed by atoms with Crippen LogP contribution >= 0.6 is 15.9 Å². The zero-order valence-corrected chi connectivity index (χ0v) is 9.00. The zero-order valence-electron chi connectivity index (χ0n) is 7.42. The van der Waals surface area contributed by atoms with E-state index in [-0.39, 0.29) is 0 Å². The maximum atomic E-state index is 12.9. The van der Waals surface area contributed by atoms with Crippen LogP contribution in [-0.2, 0) is 0 Å². The SMILES string of the molecule is Fc1cc(F)cc(-c2cncc(Br)n2)c1. The van der Waals surface area contributed by atoms with Crippen molar-refractivity contribution in [1.82, 2.24) is 9.97 Å². The van der Waals surface area contributed by atoms with Gasteiger partial charge in [-0.3, -0.25) is 4.98 Å². The predicted octanol–water partition coefficient (Wildman–Crippen LogP) is 3.18. The molecule has 0 aliphatic carbocycles. The van der Waals surface area contributed by atoms with E-state index in [4.69, 9.17) is 0 Å². The molecule has 1 aromatic carbocycles. The Hall–Kier alpha value is -1.36. The smallest absolute Gasteiger partial charge is 0.126 e. The first-order chi connectivity index (χ1) is 7.15. The Bertz CT molecular complexity index is 482. The van der Waals surface area contributed by atoms with Gasteiger partial charge in [0.25, 0.3) is 0 Å². The Balaban J connectivity index is 2.54. The van der Waals surface area contributed by atoms with Crippen LogP contribution in [-0.4, -0.2) is 9.97 Å². The molecular weight excluding hydrogens is 266 g/mol. The van der Waals surface area contributed by atoms with Gasteiger partial charge in [-0.2, -0.15) is 0 Å². The predicted molar refractivity (Wildman–Crippen MR) is 55.1 cm³/mol. The van der Waals surface area contributed by atoms with Gasteiger partial charge in [0, 0.05) is 11.6 Å². The van der Waals surface area contributed by atoms with Gasteiger partial charge in [-0.25, -0.2) is 13.8 Å². The molecule has 0 N–H and O–H groups in total. The van der Waals surface area contributed by atoms with Crippen LogP contribution in [0.1, 0.15) is 0 Å². The Morgan fingerprint density at radius 2 is 1.67 bits per heavy atom. The number of aromatic nitrogens is 2. The van der Waals surface area contributed by atoms with Crippen LogP contribution in [0.5, 0.6) is 0 Å². The van der Waals surface area contributed by atoms with Crippen molar-refractivity contribution in [3.63, 3.8) is 0 Å². The molecule has 1 heterocycles. The second-order valence-electron chi connectivity index (χ2n) is 2.89. The Kier molecular flexibility index (Phi) is 2.73. The zero-order chi connectivity index (χ0) is 10.8. The van der Waals surface area contributed by atoms with Gasteiger partial charge >= 0.3 is 0 Å². The number of benzene rings is 1. The van der Waals surface area contributed by atoms with Gasteiger partial charge in [0.15, 0.2) is 0 Å². The van der Waals surface area contributed by atoms with Crippen molar-refractivity contribution in [1.29, 1.82) is 0 Å². The van der Waals surface area contributed by atoms with Gasteiger partial charge in [-0.15, -0.1) is 0 Å². The van der Waals surface area contributed by atoms with Crippen molar-refractivity contribution in [3.8, 4) is 11.3 Å². The van der Waals surface area contributed by atoms with Gasteiger partial charge in [-0.1, -0.05) is 0 Å². The van der Waals surface area contributed by atoms with Crippen molar-refractivity contribution < 1.29 is 8.78 Å². The summed E-state index contributed by atoms with van der Waals surface area (Å²) < 4.78 is 26.3. The number of halogens is 3. The molecule has 5 heteroatoms. The monoisotopic (exact) mass is 270 g/mol. The molecule has 0 aliphatic heterocycles. The molecule has 0 atom stereocenters. The van der Waals surface area contributed by atoms with E-state index in [1.54, 1.807) is 0 Å². The molecule has 0 bridgehead atoms. The molecule has 0 unspecified atom stereocenters. The van der Waals surface area contributed by atoms with Gasteiger partial charge in [0.2, 0.25) is 0 Å². The largest absolute Gasteiger partial charge is 0.260 e. The first-order valence-corrected chi connectivity index (χ1v) is 4.88. The van der Waals surface area contributed by atoms with Gasteiger partial charge in [0.05, 0.1) is 18.1 Å². The van der Waals surface area contributed by atoms with Crippen molar-refractivity contribution in [2.75, 3.05) is 0 Å². The van der Waals surface area contributed by atoms with Crippen LogP contribution in [0, 0.1) is 11.6 Å². The normalized spacial score (nSPS) is 10.3. The van der Waals surface area contributed by atoms with Crippen LogP contribution in [0.3, 0.4) is 0 Å². The summed E-state index contributed by atoms with van der Waals surface area (Å²) in [4.78, 5) is 7.91. The van der Waals surface area contributed by atoms with E-state index in [0.29, 0.717) is 15.9 Å². The summed E-state index contributed by atoms with van der Waals surface area (Å²) in [6.07, 6.45) is 2.94. The highest BCUT2D eigenvalue weighted by Crippen LogP contribution is 2.20. The van der Waals surface area contributed by atoms with Crippen molar-refractivity contribution in [2.24, 2.45) is 0 Å². The average molecular weight is 271 g/mol. The minimum absolute atomic E-state index is 0.362. The van der Waals surface area contributed by atoms with E-state index in [9.17, 15) is 8.78 Å². The molecule has 2 rings (SSSR count). The third-order valence-electron chi connectivity index (χ3n) is 1.76. The van der Waals surface area contributed by atoms with Gasteiger partial charge in [-0.05, 0) is 28.1 Å². The fraction of sp³-hybridized carbons (Fsp3) is 0. The lowest BCUT2D eigenvalue weighted by molar-refractivity contribution is 0.584. The second kappa shape index (κ2) is 4.02. The molecule has 0 saturated carbocycles. The fourth-order valence-corrected chi connectivity index (χ4v) is 1.49. The summed E-state index contributed by atoms with van der Waals surface area (Å²) >= 11 is 3.14. The van der Waals surface area contributed by atoms with Gasteiger partial charge in [0.1, 0.15) is 16.2 Å². The molecule has 76 valence electrons. The van der Waals surface area contributed by atoms with E-state index in [1.807, 2.05) is 0 Å². The quantitative estimate of drug-likeness (QED) is 0.796. The highest BCUT2D eigenvalue weighted by molar-refractivity contribution is 9.10. The van der Waals surface area contributed by atoms with E-state index in [0.717, 1.165) is 6.07 Å². The third kappa shape index (κ3) is 2.36. The lowest BCUT2D eigenvalue weighted by Gasteiger charge is -2.01. The minimum atomic E-state index is -0.633. The van der Waals surface area contributed by atoms with Crippen molar-refractivity contribution in [3.05, 3.63) is 46.8 Å². The highest BCUT2D eigenvalue weighted by Gasteiger charge is 2.05. The molecule has 0 radical (unpaired) electrons. The van der Waals surface area contributed by atoms with Crippen LogP contribution in [0.2, 0.25) is 0 Å². The molecule has 0 amide bonds. The Morgan fingerprint density at radius 1 is 1.00 bits per heavy atom. The van der Waals surface area contributed by atoms with Crippen LogP contribution in [0.15, 0.2) is 35.2 Å². The lowest BCUT2D eigenvalue weighted by Crippen LogP contribution is -1.89. The van der Waals surface area contributed by atoms with Crippen LogP contribution in [0.4, 0.5) is 8.78 Å². The third-order valence-corrected chi connectivity index (χ3v) is 2.15. The highest BCUT2D eigenvalue weighted by atomic mass is 79.9. The van der Waals surface area contributed by atoms with E-state index >= 15 is 0 Å². The number of nitrogens with zero attached hydrogens (tertiary/aromatic N) is 2. The van der Waals surface area contributed by atoms with Crippen LogP contribution in [0.25, 0.3) is 11.3 Å². The molecule has 2 nitrogen and oxygen atoms in total. The number of hydrogen-bond donors (Lipinski definition) is 0. The van der Waals surface area contributed by atoms with E-state index in [2.05, 4.69) is 25.9 Å². The molecule has 1 aromatic heterocycles. The summed E-state index contributed by atoms with van der Waals surface area (Å²) in [6, 6.07) is 3.23. The van der Waals surface area contributed by atoms with Gasteiger partial charge < -0.3 is 0 Å². The summed E-state index contributed by atoms with van der Waals surface area (Å²) in [7, 11) is 0. The summed E-state index contributed by atoms with van der Waals surface area (Å²) in [5.41, 5.74) is 0.782. The Labute approximate surface area is 93.1 Å².